The highest BCUT2D eigenvalue weighted by atomic mass is 16.4. The Labute approximate surface area is 65.6 Å². The number of imidazole rings is 1. The molecule has 0 amide bonds. The average Bonchev–Trinajstić information content (AvgIpc) is 2.55. The molecule has 2 bridgehead atoms. The van der Waals surface area contributed by atoms with Crippen LogP contribution in [0.3, 0.4) is 0 Å². The second kappa shape index (κ2) is 2.26. The van der Waals surface area contributed by atoms with Gasteiger partial charge in [-0.25, -0.2) is 0 Å². The summed E-state index contributed by atoms with van der Waals surface area (Å²) < 4.78 is 9.69. The molecule has 0 saturated carbocycles. The Morgan fingerprint density at radius 2 is 2.36 bits per heavy atom. The van der Waals surface area contributed by atoms with Gasteiger partial charge in [-0.15, -0.1) is 0 Å². The van der Waals surface area contributed by atoms with Crippen molar-refractivity contribution in [2.45, 2.75) is 33.4 Å². The van der Waals surface area contributed by atoms with Crippen LogP contribution in [0.25, 0.3) is 11.6 Å². The van der Waals surface area contributed by atoms with Gasteiger partial charge in [0.1, 0.15) is 0 Å². The van der Waals surface area contributed by atoms with E-state index in [9.17, 15) is 0 Å². The molecule has 3 aromatic heterocycles. The second-order valence-corrected chi connectivity index (χ2v) is 2.79. The lowest BCUT2D eigenvalue weighted by atomic mass is 10.5. The van der Waals surface area contributed by atoms with Gasteiger partial charge < -0.3 is 4.42 Å². The molecule has 3 heteroatoms. The minimum Gasteiger partial charge on any atom is -0.350 e. The Morgan fingerprint density at radius 1 is 1.55 bits per heavy atom. The van der Waals surface area contributed by atoms with Crippen LogP contribution in [0.1, 0.15) is 20.3 Å². The third kappa shape index (κ3) is 0.768. The summed E-state index contributed by atoms with van der Waals surface area (Å²) in [7, 11) is 0. The van der Waals surface area contributed by atoms with Gasteiger partial charge >= 0.3 is 11.6 Å². The maximum Gasteiger partial charge on any atom is 0.467 e. The standard InChI is InChI=1S/C8H13N2O/c1-3-5-10-7-6-9(4-2)8(10)11-7/h6H,3-5H2,1-2H3/q+1. The first-order valence-corrected chi connectivity index (χ1v) is 4.17. The smallest absolute Gasteiger partial charge is 0.350 e. The summed E-state index contributed by atoms with van der Waals surface area (Å²) in [6.45, 7) is 6.38. The van der Waals surface area contributed by atoms with Crippen molar-refractivity contribution in [2.24, 2.45) is 0 Å². The van der Waals surface area contributed by atoms with Gasteiger partial charge in [-0.2, -0.15) is 9.13 Å². The van der Waals surface area contributed by atoms with Gasteiger partial charge in [0, 0.05) is 0 Å². The number of aromatic nitrogens is 2. The molecule has 11 heavy (non-hydrogen) atoms. The number of nitrogens with zero attached hydrogens (tertiary/aromatic N) is 2. The van der Waals surface area contributed by atoms with Crippen molar-refractivity contribution in [3.63, 3.8) is 0 Å². The summed E-state index contributed by atoms with van der Waals surface area (Å²) in [5.41, 5.74) is 1.02. The van der Waals surface area contributed by atoms with Crippen molar-refractivity contribution in [3.05, 3.63) is 6.20 Å². The Kier molecular flexibility index (Phi) is 1.37. The minimum absolute atomic E-state index is 0.999. The van der Waals surface area contributed by atoms with Crippen molar-refractivity contribution in [3.8, 4) is 0 Å². The number of aryl methyl sites for hydroxylation is 2. The van der Waals surface area contributed by atoms with E-state index in [0.717, 1.165) is 24.6 Å². The van der Waals surface area contributed by atoms with E-state index in [1.54, 1.807) is 0 Å². The summed E-state index contributed by atoms with van der Waals surface area (Å²) in [5, 5.41) is 0. The SMILES string of the molecule is CCCn1c2c[n+](CC)c1o2. The summed E-state index contributed by atoms with van der Waals surface area (Å²) in [5.74, 6) is 1.02. The van der Waals surface area contributed by atoms with E-state index < -0.39 is 0 Å². The molecule has 0 N–H and O–H groups in total. The molecule has 0 aromatic carbocycles. The summed E-state index contributed by atoms with van der Waals surface area (Å²) >= 11 is 0. The van der Waals surface area contributed by atoms with Crippen LogP contribution in [0, 0.1) is 0 Å². The van der Waals surface area contributed by atoms with Crippen LogP contribution < -0.4 is 4.57 Å². The normalized spacial score (nSPS) is 11.8. The van der Waals surface area contributed by atoms with E-state index in [4.69, 9.17) is 4.42 Å². The molecule has 0 aliphatic carbocycles. The van der Waals surface area contributed by atoms with Crippen molar-refractivity contribution >= 4 is 11.6 Å². The van der Waals surface area contributed by atoms with E-state index in [0.29, 0.717) is 0 Å². The highest BCUT2D eigenvalue weighted by molar-refractivity contribution is 5.43. The molecule has 0 radical (unpaired) electrons. The Hall–Kier alpha value is -0.990. The molecule has 0 aliphatic rings. The van der Waals surface area contributed by atoms with Crippen LogP contribution in [0.15, 0.2) is 10.6 Å². The molecule has 0 atom stereocenters. The first-order valence-electron chi connectivity index (χ1n) is 4.17. The molecule has 3 rings (SSSR count). The van der Waals surface area contributed by atoms with Crippen LogP contribution >= 0.6 is 0 Å². The number of fused-ring (bicyclic) bond motifs is 1. The number of rotatable bonds is 3. The number of hydrogen-bond donors (Lipinski definition) is 0. The highest BCUT2D eigenvalue weighted by Gasteiger charge is 2.25. The monoisotopic (exact) mass is 153 g/mol. The van der Waals surface area contributed by atoms with Crippen molar-refractivity contribution in [2.75, 3.05) is 0 Å². The number of oxazole rings is 1. The van der Waals surface area contributed by atoms with Gasteiger partial charge in [-0.05, 0) is 13.3 Å². The van der Waals surface area contributed by atoms with Gasteiger partial charge in [0.15, 0.2) is 6.20 Å². The van der Waals surface area contributed by atoms with Gasteiger partial charge in [-0.3, -0.25) is 0 Å². The fourth-order valence-corrected chi connectivity index (χ4v) is 1.41. The fraction of sp³-hybridized carbons (Fsp3) is 0.625. The molecule has 0 saturated heterocycles. The molecule has 3 aromatic rings. The minimum atomic E-state index is 0.999. The first-order chi connectivity index (χ1) is 5.36. The zero-order valence-corrected chi connectivity index (χ0v) is 7.00. The molecule has 3 heterocycles. The fourth-order valence-electron chi connectivity index (χ4n) is 1.41. The Balaban J connectivity index is 2.33. The lowest BCUT2D eigenvalue weighted by molar-refractivity contribution is -0.670. The van der Waals surface area contributed by atoms with Gasteiger partial charge in [0.05, 0.1) is 13.1 Å². The molecule has 0 unspecified atom stereocenters. The van der Waals surface area contributed by atoms with Crippen LogP contribution in [-0.2, 0) is 13.1 Å². The van der Waals surface area contributed by atoms with Crippen LogP contribution in [0.2, 0.25) is 0 Å². The number of hydrogen-bond acceptors (Lipinski definition) is 1. The van der Waals surface area contributed by atoms with Crippen molar-refractivity contribution < 1.29 is 8.98 Å². The van der Waals surface area contributed by atoms with Crippen LogP contribution in [0.5, 0.6) is 0 Å². The zero-order chi connectivity index (χ0) is 7.84. The average molecular weight is 153 g/mol. The molecule has 0 fully saturated rings. The van der Waals surface area contributed by atoms with E-state index in [-0.39, 0.29) is 0 Å². The third-order valence-corrected chi connectivity index (χ3v) is 1.99. The van der Waals surface area contributed by atoms with Crippen LogP contribution in [0.4, 0.5) is 0 Å². The maximum absolute atomic E-state index is 5.35. The Morgan fingerprint density at radius 3 is 2.91 bits per heavy atom. The van der Waals surface area contributed by atoms with Gasteiger partial charge in [-0.1, -0.05) is 6.92 Å². The second-order valence-electron chi connectivity index (χ2n) is 2.79. The lowest BCUT2D eigenvalue weighted by Gasteiger charge is -1.97. The lowest BCUT2D eigenvalue weighted by Crippen LogP contribution is -2.30. The Bertz CT molecular complexity index is 334. The first kappa shape index (κ1) is 6.70. The predicted octanol–water partition coefficient (Wildman–Crippen LogP) is 1.39. The summed E-state index contributed by atoms with van der Waals surface area (Å²) in [6, 6.07) is 0. The van der Waals surface area contributed by atoms with Crippen molar-refractivity contribution in [1.82, 2.24) is 4.57 Å². The molecular formula is C8H13N2O+. The van der Waals surface area contributed by atoms with Gasteiger partial charge in [0.25, 0.3) is 0 Å². The quantitative estimate of drug-likeness (QED) is 0.611. The largest absolute Gasteiger partial charge is 0.467 e. The van der Waals surface area contributed by atoms with E-state index >= 15 is 0 Å². The molecular weight excluding hydrogens is 140 g/mol. The zero-order valence-electron chi connectivity index (χ0n) is 7.00. The third-order valence-electron chi connectivity index (χ3n) is 1.99. The van der Waals surface area contributed by atoms with E-state index in [1.807, 2.05) is 0 Å². The molecule has 0 aliphatic heterocycles. The van der Waals surface area contributed by atoms with Gasteiger partial charge in [0.2, 0.25) is 0 Å². The maximum atomic E-state index is 5.35. The molecule has 0 spiro atoms. The van der Waals surface area contributed by atoms with Crippen LogP contribution in [-0.4, -0.2) is 4.57 Å². The molecule has 3 nitrogen and oxygen atoms in total. The predicted molar refractivity (Wildman–Crippen MR) is 41.6 cm³/mol. The van der Waals surface area contributed by atoms with E-state index in [2.05, 4.69) is 29.2 Å². The molecule has 60 valence electrons. The summed E-state index contributed by atoms with van der Waals surface area (Å²) in [4.78, 5) is 0. The summed E-state index contributed by atoms with van der Waals surface area (Å²) in [6.07, 6.45) is 3.23. The van der Waals surface area contributed by atoms with Crippen molar-refractivity contribution in [1.29, 1.82) is 0 Å². The highest BCUT2D eigenvalue weighted by Crippen LogP contribution is 2.15. The topological polar surface area (TPSA) is 21.9 Å². The van der Waals surface area contributed by atoms with E-state index in [1.165, 1.54) is 6.42 Å².